The van der Waals surface area contributed by atoms with Crippen LogP contribution in [0.3, 0.4) is 0 Å². The molecule has 2 saturated heterocycles. The molecule has 4 aromatic rings. The van der Waals surface area contributed by atoms with E-state index in [9.17, 15) is 5.26 Å². The summed E-state index contributed by atoms with van der Waals surface area (Å²) in [5.41, 5.74) is 2.25. The first-order valence-electron chi connectivity index (χ1n) is 13.6. The number of nitrogens with one attached hydrogen (secondary N) is 1. The topological polar surface area (TPSA) is 90.2 Å². The first-order chi connectivity index (χ1) is 19.0. The lowest BCUT2D eigenvalue weighted by molar-refractivity contribution is 0.188. The summed E-state index contributed by atoms with van der Waals surface area (Å²) in [5.74, 6) is 0.102. The molecule has 2 aromatic heterocycles. The summed E-state index contributed by atoms with van der Waals surface area (Å²) in [5, 5.41) is 15.2. The second-order valence-corrected chi connectivity index (χ2v) is 10.5. The zero-order valence-electron chi connectivity index (χ0n) is 22.3. The molecule has 8 nitrogen and oxygen atoms in total. The van der Waals surface area contributed by atoms with E-state index in [0.717, 1.165) is 41.3 Å². The van der Waals surface area contributed by atoms with Crippen molar-refractivity contribution in [1.82, 2.24) is 25.2 Å². The van der Waals surface area contributed by atoms with Crippen molar-refractivity contribution in [3.63, 3.8) is 0 Å². The van der Waals surface area contributed by atoms with Crippen molar-refractivity contribution in [2.45, 2.75) is 38.3 Å². The second-order valence-electron chi connectivity index (χ2n) is 10.5. The highest BCUT2D eigenvalue weighted by Crippen LogP contribution is 2.36. The van der Waals surface area contributed by atoms with E-state index in [1.165, 1.54) is 0 Å². The number of ether oxygens (including phenoxy) is 1. The second kappa shape index (κ2) is 10.7. The molecule has 0 spiro atoms. The maximum absolute atomic E-state index is 16.5. The van der Waals surface area contributed by atoms with E-state index in [1.54, 1.807) is 6.20 Å². The number of aryl methyl sites for hydroxylation is 1. The quantitative estimate of drug-likeness (QED) is 0.395. The Kier molecular flexibility index (Phi) is 6.98. The summed E-state index contributed by atoms with van der Waals surface area (Å²) in [6.07, 6.45) is 4.24. The van der Waals surface area contributed by atoms with Crippen LogP contribution in [0.1, 0.15) is 24.8 Å². The van der Waals surface area contributed by atoms with Crippen LogP contribution < -0.4 is 15.0 Å². The molecule has 39 heavy (non-hydrogen) atoms. The van der Waals surface area contributed by atoms with E-state index in [0.29, 0.717) is 43.9 Å². The summed E-state index contributed by atoms with van der Waals surface area (Å²) < 4.78 is 22.6. The van der Waals surface area contributed by atoms with E-state index in [1.807, 2.05) is 43.3 Å². The van der Waals surface area contributed by atoms with Crippen LogP contribution in [-0.2, 0) is 0 Å². The predicted molar refractivity (Wildman–Crippen MR) is 150 cm³/mol. The Morgan fingerprint density at radius 3 is 2.82 bits per heavy atom. The van der Waals surface area contributed by atoms with Crippen LogP contribution in [0.25, 0.3) is 32.9 Å². The first kappa shape index (κ1) is 25.4. The van der Waals surface area contributed by atoms with Crippen molar-refractivity contribution in [2.24, 2.45) is 0 Å². The molecular formula is C30H32FN7O. The number of likely N-dealkylation sites (N-methyl/N-ethyl adjacent to an activating group) is 1. The summed E-state index contributed by atoms with van der Waals surface area (Å²) in [6, 6.07) is 14.6. The lowest BCUT2D eigenvalue weighted by Crippen LogP contribution is -2.51. The van der Waals surface area contributed by atoms with Crippen molar-refractivity contribution in [3.05, 3.63) is 54.0 Å². The van der Waals surface area contributed by atoms with Crippen LogP contribution in [0, 0.1) is 24.1 Å². The average Bonchev–Trinajstić information content (AvgIpc) is 3.36. The molecule has 2 atom stereocenters. The van der Waals surface area contributed by atoms with Crippen LogP contribution in [-0.4, -0.2) is 71.8 Å². The van der Waals surface area contributed by atoms with Crippen LogP contribution in [0.2, 0.25) is 0 Å². The molecule has 0 radical (unpaired) electrons. The number of rotatable bonds is 6. The van der Waals surface area contributed by atoms with Crippen molar-refractivity contribution in [2.75, 3.05) is 44.7 Å². The van der Waals surface area contributed by atoms with Crippen LogP contribution in [0.4, 0.5) is 10.2 Å². The third-order valence-corrected chi connectivity index (χ3v) is 7.98. The van der Waals surface area contributed by atoms with Gasteiger partial charge in [0.2, 0.25) is 0 Å². The van der Waals surface area contributed by atoms with E-state index in [4.69, 9.17) is 9.72 Å². The SMILES string of the molecule is Cc1cccc2cccc(-c3ncc4c(N5CCN[C@@H](CC#N)C5)nc(OC[C@@H]5CCCN5C)nc4c3F)c12. The number of likely N-dealkylation sites (tertiary alicyclic amines) is 1. The van der Waals surface area contributed by atoms with Crippen LogP contribution in [0.5, 0.6) is 6.01 Å². The smallest absolute Gasteiger partial charge is 0.319 e. The molecule has 0 unspecified atom stereocenters. The lowest BCUT2D eigenvalue weighted by atomic mass is 9.97. The summed E-state index contributed by atoms with van der Waals surface area (Å²) in [4.78, 5) is 18.4. The molecule has 0 amide bonds. The molecule has 2 aliphatic rings. The zero-order valence-corrected chi connectivity index (χ0v) is 22.3. The highest BCUT2D eigenvalue weighted by molar-refractivity contribution is 6.00. The molecule has 200 valence electrons. The predicted octanol–water partition coefficient (Wildman–Crippen LogP) is 4.46. The Labute approximate surface area is 227 Å². The van der Waals surface area contributed by atoms with Gasteiger partial charge in [0.1, 0.15) is 23.6 Å². The summed E-state index contributed by atoms with van der Waals surface area (Å²) >= 11 is 0. The van der Waals surface area contributed by atoms with Crippen molar-refractivity contribution >= 4 is 27.5 Å². The van der Waals surface area contributed by atoms with Gasteiger partial charge in [-0.3, -0.25) is 4.98 Å². The molecule has 1 N–H and O–H groups in total. The molecule has 2 fully saturated rings. The molecular weight excluding hydrogens is 493 g/mol. The summed E-state index contributed by atoms with van der Waals surface area (Å²) in [7, 11) is 2.09. The Morgan fingerprint density at radius 1 is 1.18 bits per heavy atom. The Morgan fingerprint density at radius 2 is 2.03 bits per heavy atom. The van der Waals surface area contributed by atoms with Gasteiger partial charge in [-0.15, -0.1) is 0 Å². The number of fused-ring (bicyclic) bond motifs is 2. The number of benzene rings is 2. The number of piperazine rings is 1. The van der Waals surface area contributed by atoms with Gasteiger partial charge in [-0.05, 0) is 49.7 Å². The number of halogens is 1. The average molecular weight is 526 g/mol. The molecule has 4 heterocycles. The molecule has 2 aliphatic heterocycles. The Hall–Kier alpha value is -3.87. The molecule has 9 heteroatoms. The standard InChI is InChI=1S/C30H32FN7O/c1-19-6-3-7-20-8-4-10-23(25(19)20)27-26(31)28-24(16-34-27)29(38-15-13-33-21(17-38)11-12-32)36-30(35-28)39-18-22-9-5-14-37(22)2/h3-4,6-8,10,16,21-22,33H,5,9,11,13-15,17-18H2,1-2H3/t21-,22-/m0/s1. The van der Waals surface area contributed by atoms with Crippen molar-refractivity contribution in [3.8, 4) is 23.3 Å². The largest absolute Gasteiger partial charge is 0.462 e. The normalized spacial score (nSPS) is 20.0. The highest BCUT2D eigenvalue weighted by atomic mass is 19.1. The molecule has 6 rings (SSSR count). The van der Waals surface area contributed by atoms with Gasteiger partial charge in [0.15, 0.2) is 5.82 Å². The maximum Gasteiger partial charge on any atom is 0.319 e. The first-order valence-corrected chi connectivity index (χ1v) is 13.6. The highest BCUT2D eigenvalue weighted by Gasteiger charge is 2.27. The summed E-state index contributed by atoms with van der Waals surface area (Å²) in [6.45, 7) is 5.46. The van der Waals surface area contributed by atoms with Gasteiger partial charge < -0.3 is 19.9 Å². The number of nitriles is 1. The lowest BCUT2D eigenvalue weighted by Gasteiger charge is -2.34. The molecule has 2 aromatic carbocycles. The van der Waals surface area contributed by atoms with Gasteiger partial charge in [-0.2, -0.15) is 15.2 Å². The zero-order chi connectivity index (χ0) is 26.9. The van der Waals surface area contributed by atoms with E-state index >= 15 is 4.39 Å². The van der Waals surface area contributed by atoms with E-state index in [-0.39, 0.29) is 29.3 Å². The van der Waals surface area contributed by atoms with E-state index < -0.39 is 5.82 Å². The Bertz CT molecular complexity index is 1560. The number of hydrogen-bond donors (Lipinski definition) is 1. The van der Waals surface area contributed by atoms with Gasteiger partial charge in [0, 0.05) is 43.5 Å². The van der Waals surface area contributed by atoms with Crippen LogP contribution in [0.15, 0.2) is 42.6 Å². The van der Waals surface area contributed by atoms with Gasteiger partial charge in [-0.25, -0.2) is 4.39 Å². The minimum absolute atomic E-state index is 0.000935. The number of nitrogens with zero attached hydrogens (tertiary/aromatic N) is 6. The Balaban J connectivity index is 1.47. The van der Waals surface area contributed by atoms with Gasteiger partial charge in [0.25, 0.3) is 0 Å². The van der Waals surface area contributed by atoms with E-state index in [2.05, 4.69) is 38.2 Å². The number of aromatic nitrogens is 3. The van der Waals surface area contributed by atoms with Gasteiger partial charge >= 0.3 is 6.01 Å². The van der Waals surface area contributed by atoms with Crippen molar-refractivity contribution < 1.29 is 9.13 Å². The molecule has 0 aliphatic carbocycles. The maximum atomic E-state index is 16.5. The number of hydrogen-bond acceptors (Lipinski definition) is 8. The third-order valence-electron chi connectivity index (χ3n) is 7.98. The molecule has 0 bridgehead atoms. The minimum Gasteiger partial charge on any atom is -0.462 e. The number of pyridine rings is 1. The van der Waals surface area contributed by atoms with Crippen molar-refractivity contribution in [1.29, 1.82) is 5.26 Å². The fourth-order valence-corrected chi connectivity index (χ4v) is 5.87. The monoisotopic (exact) mass is 525 g/mol. The van der Waals surface area contributed by atoms with Gasteiger partial charge in [0.05, 0.1) is 17.9 Å². The minimum atomic E-state index is -0.488. The fourth-order valence-electron chi connectivity index (χ4n) is 5.87. The molecule has 0 saturated carbocycles. The van der Waals surface area contributed by atoms with Crippen LogP contribution >= 0.6 is 0 Å². The number of anilines is 1. The van der Waals surface area contributed by atoms with Gasteiger partial charge in [-0.1, -0.05) is 36.4 Å². The third kappa shape index (κ3) is 4.86. The fraction of sp³-hybridized carbons (Fsp3) is 0.400.